The van der Waals surface area contributed by atoms with E-state index in [-0.39, 0.29) is 11.9 Å². The zero-order valence-corrected chi connectivity index (χ0v) is 12.6. The van der Waals surface area contributed by atoms with Crippen LogP contribution in [-0.4, -0.2) is 21.9 Å². The van der Waals surface area contributed by atoms with Crippen molar-refractivity contribution in [2.24, 2.45) is 5.92 Å². The predicted molar refractivity (Wildman–Crippen MR) is 82.3 cm³/mol. The summed E-state index contributed by atoms with van der Waals surface area (Å²) in [4.78, 5) is 18.2. The number of benzene rings is 1. The van der Waals surface area contributed by atoms with Crippen molar-refractivity contribution in [1.82, 2.24) is 15.3 Å². The van der Waals surface area contributed by atoms with Crippen LogP contribution in [0.25, 0.3) is 11.0 Å². The molecule has 6 heteroatoms. The monoisotopic (exact) mass is 307 g/mol. The Kier molecular flexibility index (Phi) is 3.80. The number of aromatic amines is 2. The average molecular weight is 307 g/mol. The second-order valence-corrected chi connectivity index (χ2v) is 6.29. The SMILES string of the molecule is CC1CCC(NC(=O)c2cc(F)cc3[nH]c(=S)[nH]c23)CC1. The summed E-state index contributed by atoms with van der Waals surface area (Å²) in [5.74, 6) is 0.0271. The maximum absolute atomic E-state index is 13.6. The lowest BCUT2D eigenvalue weighted by atomic mass is 9.87. The van der Waals surface area contributed by atoms with Crippen molar-refractivity contribution in [3.05, 3.63) is 28.3 Å². The molecule has 3 rings (SSSR count). The minimum atomic E-state index is -0.449. The second-order valence-electron chi connectivity index (χ2n) is 5.89. The Morgan fingerprint density at radius 3 is 2.71 bits per heavy atom. The number of hydrogen-bond acceptors (Lipinski definition) is 2. The topological polar surface area (TPSA) is 60.7 Å². The summed E-state index contributed by atoms with van der Waals surface area (Å²) in [7, 11) is 0. The first-order valence-electron chi connectivity index (χ1n) is 7.25. The first kappa shape index (κ1) is 14.3. The normalized spacial score (nSPS) is 22.4. The lowest BCUT2D eigenvalue weighted by molar-refractivity contribution is 0.0924. The largest absolute Gasteiger partial charge is 0.349 e. The van der Waals surface area contributed by atoms with E-state index in [2.05, 4.69) is 22.2 Å². The Morgan fingerprint density at radius 1 is 1.29 bits per heavy atom. The van der Waals surface area contributed by atoms with Crippen LogP contribution in [0.4, 0.5) is 4.39 Å². The Hall–Kier alpha value is -1.69. The van der Waals surface area contributed by atoms with Gasteiger partial charge in [0.25, 0.3) is 5.91 Å². The lowest BCUT2D eigenvalue weighted by Gasteiger charge is -2.26. The van der Waals surface area contributed by atoms with E-state index in [1.807, 2.05) is 0 Å². The summed E-state index contributed by atoms with van der Waals surface area (Å²) < 4.78 is 14.0. The molecule has 21 heavy (non-hydrogen) atoms. The molecular formula is C15H18FN3OS. The van der Waals surface area contributed by atoms with Gasteiger partial charge >= 0.3 is 0 Å². The molecule has 1 aromatic heterocycles. The number of nitrogens with one attached hydrogen (secondary N) is 3. The molecule has 0 aliphatic heterocycles. The van der Waals surface area contributed by atoms with Gasteiger partial charge in [-0.05, 0) is 56.0 Å². The minimum Gasteiger partial charge on any atom is -0.349 e. The second kappa shape index (κ2) is 5.60. The fourth-order valence-electron chi connectivity index (χ4n) is 2.95. The number of H-pyrrole nitrogens is 2. The van der Waals surface area contributed by atoms with Crippen molar-refractivity contribution in [2.45, 2.75) is 38.6 Å². The molecule has 0 atom stereocenters. The number of amides is 1. The maximum Gasteiger partial charge on any atom is 0.253 e. The van der Waals surface area contributed by atoms with Crippen LogP contribution in [0.15, 0.2) is 12.1 Å². The number of carbonyl (C=O) groups is 1. The molecule has 1 amide bonds. The van der Waals surface area contributed by atoms with E-state index in [0.717, 1.165) is 31.6 Å². The number of rotatable bonds is 2. The molecule has 1 aliphatic rings. The molecule has 2 aromatic rings. The van der Waals surface area contributed by atoms with Crippen molar-refractivity contribution >= 4 is 29.2 Å². The summed E-state index contributed by atoms with van der Waals surface area (Å²) in [6.45, 7) is 2.23. The van der Waals surface area contributed by atoms with E-state index in [0.29, 0.717) is 21.4 Å². The quantitative estimate of drug-likeness (QED) is 0.741. The smallest absolute Gasteiger partial charge is 0.253 e. The Bertz CT molecular complexity index is 728. The van der Waals surface area contributed by atoms with E-state index in [1.54, 1.807) is 0 Å². The van der Waals surface area contributed by atoms with Gasteiger partial charge in [0.05, 0.1) is 16.6 Å². The van der Waals surface area contributed by atoms with Crippen molar-refractivity contribution in [1.29, 1.82) is 0 Å². The van der Waals surface area contributed by atoms with Crippen LogP contribution in [-0.2, 0) is 0 Å². The third-order valence-corrected chi connectivity index (χ3v) is 4.39. The van der Waals surface area contributed by atoms with Crippen molar-refractivity contribution in [2.75, 3.05) is 0 Å². The van der Waals surface area contributed by atoms with E-state index < -0.39 is 5.82 Å². The van der Waals surface area contributed by atoms with Crippen LogP contribution < -0.4 is 5.32 Å². The molecule has 1 fully saturated rings. The van der Waals surface area contributed by atoms with Crippen LogP contribution in [0.2, 0.25) is 0 Å². The Labute approximate surface area is 127 Å². The summed E-state index contributed by atoms with van der Waals surface area (Å²) in [6, 6.07) is 2.76. The van der Waals surface area contributed by atoms with Crippen molar-refractivity contribution in [3.63, 3.8) is 0 Å². The summed E-state index contributed by atoms with van der Waals surface area (Å²) in [5, 5.41) is 3.01. The zero-order valence-electron chi connectivity index (χ0n) is 11.8. The van der Waals surface area contributed by atoms with Gasteiger partial charge in [0.1, 0.15) is 5.82 Å². The Balaban J connectivity index is 1.85. The molecule has 1 heterocycles. The number of imidazole rings is 1. The van der Waals surface area contributed by atoms with Gasteiger partial charge in [-0.3, -0.25) is 4.79 Å². The molecule has 3 N–H and O–H groups in total. The van der Waals surface area contributed by atoms with Gasteiger partial charge in [0.15, 0.2) is 4.77 Å². The van der Waals surface area contributed by atoms with Gasteiger partial charge < -0.3 is 15.3 Å². The van der Waals surface area contributed by atoms with Gasteiger partial charge in [-0.15, -0.1) is 0 Å². The molecular weight excluding hydrogens is 289 g/mol. The average Bonchev–Trinajstić information content (AvgIpc) is 2.80. The molecule has 4 nitrogen and oxygen atoms in total. The molecule has 1 aromatic carbocycles. The highest BCUT2D eigenvalue weighted by molar-refractivity contribution is 7.71. The molecule has 0 unspecified atom stereocenters. The van der Waals surface area contributed by atoms with E-state index >= 15 is 0 Å². The van der Waals surface area contributed by atoms with Gasteiger partial charge in [0, 0.05) is 6.04 Å². The van der Waals surface area contributed by atoms with Crippen LogP contribution >= 0.6 is 12.2 Å². The lowest BCUT2D eigenvalue weighted by Crippen LogP contribution is -2.37. The van der Waals surface area contributed by atoms with Crippen molar-refractivity contribution < 1.29 is 9.18 Å². The molecule has 1 aliphatic carbocycles. The Morgan fingerprint density at radius 2 is 2.00 bits per heavy atom. The number of halogens is 1. The first-order valence-corrected chi connectivity index (χ1v) is 7.66. The maximum atomic E-state index is 13.6. The highest BCUT2D eigenvalue weighted by atomic mass is 32.1. The molecule has 0 spiro atoms. The zero-order chi connectivity index (χ0) is 15.0. The van der Waals surface area contributed by atoms with Crippen LogP contribution in [0.5, 0.6) is 0 Å². The first-order chi connectivity index (χ1) is 10.0. The van der Waals surface area contributed by atoms with E-state index in [1.165, 1.54) is 12.1 Å². The fraction of sp³-hybridized carbons (Fsp3) is 0.467. The van der Waals surface area contributed by atoms with Crippen molar-refractivity contribution in [3.8, 4) is 0 Å². The fourth-order valence-corrected chi connectivity index (χ4v) is 3.17. The molecule has 112 valence electrons. The van der Waals surface area contributed by atoms with E-state index in [9.17, 15) is 9.18 Å². The number of hydrogen-bond donors (Lipinski definition) is 3. The minimum absolute atomic E-state index is 0.175. The molecule has 0 bridgehead atoms. The highest BCUT2D eigenvalue weighted by Crippen LogP contribution is 2.24. The molecule has 0 saturated heterocycles. The van der Waals surface area contributed by atoms with Crippen LogP contribution in [0.1, 0.15) is 43.0 Å². The summed E-state index contributed by atoms with van der Waals surface area (Å²) in [6.07, 6.45) is 4.20. The van der Waals surface area contributed by atoms with Gasteiger partial charge in [-0.2, -0.15) is 0 Å². The number of carbonyl (C=O) groups excluding carboxylic acids is 1. The molecule has 1 saturated carbocycles. The van der Waals surface area contributed by atoms with Gasteiger partial charge in [-0.1, -0.05) is 6.92 Å². The predicted octanol–water partition coefficient (Wildman–Crippen LogP) is 3.67. The summed E-state index contributed by atoms with van der Waals surface area (Å²) >= 11 is 5.01. The number of fused-ring (bicyclic) bond motifs is 1. The van der Waals surface area contributed by atoms with Crippen LogP contribution in [0, 0.1) is 16.5 Å². The number of aromatic nitrogens is 2. The summed E-state index contributed by atoms with van der Waals surface area (Å²) in [5.41, 5.74) is 1.38. The van der Waals surface area contributed by atoms with E-state index in [4.69, 9.17) is 12.2 Å². The third kappa shape index (κ3) is 3.00. The molecule has 0 radical (unpaired) electrons. The standard InChI is InChI=1S/C15H18FN3OS/c1-8-2-4-10(5-3-8)17-14(20)11-6-9(16)7-12-13(11)19-15(21)18-12/h6-8,10H,2-5H2,1H3,(H,17,20)(H2,18,19,21). The van der Waals surface area contributed by atoms with Gasteiger partial charge in [0.2, 0.25) is 0 Å². The highest BCUT2D eigenvalue weighted by Gasteiger charge is 2.22. The van der Waals surface area contributed by atoms with Gasteiger partial charge in [-0.25, -0.2) is 4.39 Å². The third-order valence-electron chi connectivity index (χ3n) is 4.19. The van der Waals surface area contributed by atoms with Crippen LogP contribution in [0.3, 0.4) is 0 Å².